The smallest absolute Gasteiger partial charge is 0.0162 e. The van der Waals surface area contributed by atoms with Crippen LogP contribution in [0.1, 0.15) is 164 Å². The van der Waals surface area contributed by atoms with Crippen LogP contribution in [0.2, 0.25) is 0 Å². The largest absolute Gasteiger partial charge is 0.0622 e. The maximum atomic E-state index is 2.76. The molecule has 0 saturated heterocycles. The predicted octanol–water partition coefficient (Wildman–Crippen LogP) is 12.8. The molecule has 248 valence electrons. The predicted molar refractivity (Wildman–Crippen MR) is 187 cm³/mol. The number of hydrogen-bond acceptors (Lipinski definition) is 0. The van der Waals surface area contributed by atoms with E-state index in [9.17, 15) is 0 Å². The summed E-state index contributed by atoms with van der Waals surface area (Å²) in [5, 5.41) is 0. The zero-order valence-electron chi connectivity index (χ0n) is 32.9. The minimum absolute atomic E-state index is 0.261. The zero-order chi connectivity index (χ0) is 32.9. The molecular formula is C43H76. The van der Waals surface area contributed by atoms with Crippen LogP contribution in [-0.2, 0) is 0 Å². The first-order valence-corrected chi connectivity index (χ1v) is 19.1. The van der Waals surface area contributed by atoms with Gasteiger partial charge in [-0.1, -0.05) is 138 Å². The lowest BCUT2D eigenvalue weighted by Crippen LogP contribution is -2.58. The zero-order valence-corrected chi connectivity index (χ0v) is 32.9. The molecule has 43 heavy (non-hydrogen) atoms. The van der Waals surface area contributed by atoms with Crippen LogP contribution >= 0.6 is 0 Å². The Labute approximate surface area is 270 Å². The van der Waals surface area contributed by atoms with Gasteiger partial charge in [-0.05, 0) is 133 Å². The third kappa shape index (κ3) is 2.99. The van der Waals surface area contributed by atoms with Gasteiger partial charge in [-0.25, -0.2) is 0 Å². The molecule has 0 aromatic rings. The van der Waals surface area contributed by atoms with Gasteiger partial charge in [0.05, 0.1) is 0 Å². The maximum absolute atomic E-state index is 2.76. The van der Waals surface area contributed by atoms with Crippen LogP contribution < -0.4 is 0 Å². The van der Waals surface area contributed by atoms with Gasteiger partial charge in [-0.3, -0.25) is 0 Å². The van der Waals surface area contributed by atoms with Crippen LogP contribution in [0, 0.1) is 107 Å². The van der Waals surface area contributed by atoms with E-state index < -0.39 is 0 Å². The third-order valence-electron chi connectivity index (χ3n) is 21.9. The highest BCUT2D eigenvalue weighted by atomic mass is 15.1. The van der Waals surface area contributed by atoms with Crippen molar-refractivity contribution in [2.24, 2.45) is 107 Å². The summed E-state index contributed by atoms with van der Waals surface area (Å²) in [6.07, 6.45) is 6.23. The Balaban J connectivity index is 1.25. The van der Waals surface area contributed by atoms with Gasteiger partial charge in [0.25, 0.3) is 0 Å². The molecule has 0 nitrogen and oxygen atoms in total. The molecule has 6 aliphatic carbocycles. The molecule has 6 fully saturated rings. The Morgan fingerprint density at radius 2 is 1.09 bits per heavy atom. The Kier molecular flexibility index (Phi) is 6.12. The van der Waals surface area contributed by atoms with Crippen LogP contribution in [0.4, 0.5) is 0 Å². The monoisotopic (exact) mass is 593 g/mol. The van der Waals surface area contributed by atoms with Gasteiger partial charge >= 0.3 is 0 Å². The van der Waals surface area contributed by atoms with Crippen molar-refractivity contribution in [1.29, 1.82) is 0 Å². The number of hydrogen-bond donors (Lipinski definition) is 0. The van der Waals surface area contributed by atoms with Crippen molar-refractivity contribution in [3.05, 3.63) is 0 Å². The summed E-state index contributed by atoms with van der Waals surface area (Å²) in [6.45, 7) is 52.6. The van der Waals surface area contributed by atoms with Crippen LogP contribution in [0.15, 0.2) is 0 Å². The fourth-order valence-electron chi connectivity index (χ4n) is 15.7. The first kappa shape index (κ1) is 32.9. The quantitative estimate of drug-likeness (QED) is 0.224. The molecule has 0 aliphatic heterocycles. The second-order valence-electron chi connectivity index (χ2n) is 22.6. The van der Waals surface area contributed by atoms with Crippen LogP contribution in [0.5, 0.6) is 0 Å². The fraction of sp³-hybridized carbons (Fsp3) is 1.00. The molecule has 0 aromatic carbocycles. The standard InChI is InChI=1S/C43H76/c1-25(2)35(14,15)37(18,30(7)32-31(8)38(19)36(16,17)39(32,38)20)28(5)26(3)34(12,13)27(4)29(6)40-21-42(40,22-40)43-23-41(43,24-43)33(9,10)11/h25-32H,21-24H2,1-20H3/t26-,27-,28-,29-,30+,31+,32-,37-,38?,39-,40?,41?,42?,43?/m0/s1. The summed E-state index contributed by atoms with van der Waals surface area (Å²) in [4.78, 5) is 0. The molecule has 0 aromatic heterocycles. The third-order valence-corrected chi connectivity index (χ3v) is 21.9. The lowest BCUT2D eigenvalue weighted by Gasteiger charge is -2.63. The van der Waals surface area contributed by atoms with Crippen molar-refractivity contribution >= 4 is 0 Å². The van der Waals surface area contributed by atoms with Gasteiger partial charge in [0.1, 0.15) is 0 Å². The summed E-state index contributed by atoms with van der Waals surface area (Å²) in [5.41, 5.74) is 5.66. The van der Waals surface area contributed by atoms with Gasteiger partial charge in [-0.15, -0.1) is 0 Å². The molecule has 6 saturated carbocycles. The molecule has 0 heterocycles. The van der Waals surface area contributed by atoms with E-state index in [1.54, 1.807) is 25.7 Å². The van der Waals surface area contributed by atoms with Gasteiger partial charge < -0.3 is 0 Å². The molecule has 0 N–H and O–H groups in total. The summed E-state index contributed by atoms with van der Waals surface area (Å²) < 4.78 is 0. The average molecular weight is 593 g/mol. The average Bonchev–Trinajstić information content (AvgIpc) is 3.73. The molecule has 0 radical (unpaired) electrons. The van der Waals surface area contributed by atoms with Crippen molar-refractivity contribution in [3.8, 4) is 0 Å². The minimum Gasteiger partial charge on any atom is -0.0622 e. The second kappa shape index (κ2) is 7.99. The lowest BCUT2D eigenvalue weighted by molar-refractivity contribution is -0.158. The summed E-state index contributed by atoms with van der Waals surface area (Å²) in [6, 6.07) is 0. The normalized spacial score (nSPS) is 50.2. The van der Waals surface area contributed by atoms with Crippen LogP contribution in [0.3, 0.4) is 0 Å². The Morgan fingerprint density at radius 1 is 0.605 bits per heavy atom. The highest BCUT2D eigenvalue weighted by Gasteiger charge is 3.04. The molecule has 0 amide bonds. The van der Waals surface area contributed by atoms with E-state index in [4.69, 9.17) is 0 Å². The molecule has 0 bridgehead atoms. The van der Waals surface area contributed by atoms with Crippen LogP contribution in [0.25, 0.3) is 0 Å². The molecule has 6 rings (SSSR count). The van der Waals surface area contributed by atoms with Crippen LogP contribution in [-0.4, -0.2) is 0 Å². The van der Waals surface area contributed by atoms with E-state index in [0.29, 0.717) is 61.6 Å². The molecule has 1 unspecified atom stereocenters. The van der Waals surface area contributed by atoms with E-state index in [1.807, 2.05) is 0 Å². The Hall–Kier alpha value is 0. The minimum atomic E-state index is 0.261. The second-order valence-corrected chi connectivity index (χ2v) is 22.6. The van der Waals surface area contributed by atoms with E-state index >= 15 is 0 Å². The van der Waals surface area contributed by atoms with Crippen molar-refractivity contribution in [2.45, 2.75) is 164 Å². The Morgan fingerprint density at radius 3 is 1.47 bits per heavy atom. The van der Waals surface area contributed by atoms with Crippen molar-refractivity contribution in [1.82, 2.24) is 0 Å². The summed E-state index contributed by atoms with van der Waals surface area (Å²) >= 11 is 0. The topological polar surface area (TPSA) is 0 Å². The molecule has 0 spiro atoms. The first-order valence-electron chi connectivity index (χ1n) is 19.1. The van der Waals surface area contributed by atoms with Gasteiger partial charge in [0.15, 0.2) is 0 Å². The van der Waals surface area contributed by atoms with Crippen molar-refractivity contribution in [3.63, 3.8) is 0 Å². The van der Waals surface area contributed by atoms with E-state index in [-0.39, 0.29) is 10.8 Å². The Bertz CT molecular complexity index is 1190. The summed E-state index contributed by atoms with van der Waals surface area (Å²) in [5.74, 6) is 5.90. The molecular weight excluding hydrogens is 516 g/mol. The van der Waals surface area contributed by atoms with Gasteiger partial charge in [0.2, 0.25) is 0 Å². The first-order chi connectivity index (χ1) is 19.1. The highest BCUT2D eigenvalue weighted by Crippen LogP contribution is 3.11. The van der Waals surface area contributed by atoms with Gasteiger partial charge in [-0.2, -0.15) is 0 Å². The SMILES string of the molecule is CC(C)C(C)(C)[C@](C)([C@H](C)[C@H]1[C@@H](C)C2(C)C(C)(C)[C@]12C)[C@@H](C)[C@H](C)C(C)(C)[C@@H](C)[C@H](C)C12CC1(C13CC1(C(C)(C)C)C3)C2. The van der Waals surface area contributed by atoms with E-state index in [1.165, 1.54) is 0 Å². The molecule has 0 heteroatoms. The number of rotatable bonds is 11. The van der Waals surface area contributed by atoms with E-state index in [0.717, 1.165) is 34.5 Å². The lowest BCUT2D eigenvalue weighted by atomic mass is 9.41. The molecule has 6 aliphatic rings. The van der Waals surface area contributed by atoms with Crippen molar-refractivity contribution in [2.75, 3.05) is 0 Å². The summed E-state index contributed by atoms with van der Waals surface area (Å²) in [7, 11) is 0. The highest BCUT2D eigenvalue weighted by molar-refractivity contribution is 5.52. The number of fused-ring (bicyclic) bond motifs is 4. The van der Waals surface area contributed by atoms with Gasteiger partial charge in [0, 0.05) is 0 Å². The molecule has 10 atom stereocenters. The van der Waals surface area contributed by atoms with Crippen molar-refractivity contribution < 1.29 is 0 Å². The fourth-order valence-corrected chi connectivity index (χ4v) is 15.7. The maximum Gasteiger partial charge on any atom is -0.0162 e. The van der Waals surface area contributed by atoms with E-state index in [2.05, 4.69) is 138 Å².